The summed E-state index contributed by atoms with van der Waals surface area (Å²) in [6.07, 6.45) is 1.45. The van der Waals surface area contributed by atoms with Gasteiger partial charge in [-0.1, -0.05) is 42.0 Å². The summed E-state index contributed by atoms with van der Waals surface area (Å²) in [5, 5.41) is 5.46. The minimum Gasteiger partial charge on any atom is -0.497 e. The molecule has 0 unspecified atom stereocenters. The zero-order chi connectivity index (χ0) is 24.2. The number of amides is 1. The average molecular weight is 477 g/mol. The maximum Gasteiger partial charge on any atom is 0.263 e. The number of thiophene rings is 1. The molecule has 1 atom stereocenters. The Labute approximate surface area is 202 Å². The fourth-order valence-electron chi connectivity index (χ4n) is 3.87. The first kappa shape index (κ1) is 23.7. The number of nitrogens with zero attached hydrogens (tertiary/aromatic N) is 3. The molecule has 0 bridgehead atoms. The highest BCUT2D eigenvalue weighted by Gasteiger charge is 2.18. The molecule has 2 aromatic heterocycles. The van der Waals surface area contributed by atoms with Gasteiger partial charge in [-0.2, -0.15) is 0 Å². The molecule has 0 aliphatic heterocycles. The molecule has 4 rings (SSSR count). The zero-order valence-corrected chi connectivity index (χ0v) is 20.6. The van der Waals surface area contributed by atoms with E-state index in [1.807, 2.05) is 79.8 Å². The van der Waals surface area contributed by atoms with Crippen molar-refractivity contribution in [1.82, 2.24) is 19.8 Å². The van der Waals surface area contributed by atoms with Gasteiger partial charge in [0.05, 0.1) is 24.9 Å². The van der Waals surface area contributed by atoms with Gasteiger partial charge in [0.15, 0.2) is 0 Å². The van der Waals surface area contributed by atoms with E-state index in [1.165, 1.54) is 22.2 Å². The number of benzene rings is 2. The van der Waals surface area contributed by atoms with E-state index in [-0.39, 0.29) is 24.1 Å². The second-order valence-electron chi connectivity index (χ2n) is 8.43. The third-order valence-corrected chi connectivity index (χ3v) is 6.74. The van der Waals surface area contributed by atoms with Gasteiger partial charge < -0.3 is 15.0 Å². The van der Waals surface area contributed by atoms with Crippen molar-refractivity contribution in [3.8, 4) is 16.9 Å². The maximum atomic E-state index is 13.2. The van der Waals surface area contributed by atoms with Crippen molar-refractivity contribution in [2.45, 2.75) is 19.5 Å². The summed E-state index contributed by atoms with van der Waals surface area (Å²) < 4.78 is 6.61. The van der Waals surface area contributed by atoms with Gasteiger partial charge in [0.25, 0.3) is 5.56 Å². The van der Waals surface area contributed by atoms with Crippen LogP contribution >= 0.6 is 11.3 Å². The number of hydrogen-bond acceptors (Lipinski definition) is 6. The Morgan fingerprint density at radius 2 is 1.85 bits per heavy atom. The van der Waals surface area contributed by atoms with Crippen molar-refractivity contribution in [2.75, 3.05) is 27.7 Å². The molecule has 0 aliphatic carbocycles. The lowest BCUT2D eigenvalue weighted by molar-refractivity contribution is -0.121. The number of rotatable bonds is 8. The number of carbonyl (C=O) groups excluding carboxylic acids is 1. The van der Waals surface area contributed by atoms with E-state index in [4.69, 9.17) is 4.74 Å². The lowest BCUT2D eigenvalue weighted by atomic mass is 10.1. The molecule has 0 saturated carbocycles. The predicted octanol–water partition coefficient (Wildman–Crippen LogP) is 3.86. The molecule has 1 amide bonds. The Kier molecular flexibility index (Phi) is 7.09. The average Bonchev–Trinajstić information content (AvgIpc) is 3.26. The van der Waals surface area contributed by atoms with Crippen LogP contribution in [0.5, 0.6) is 5.75 Å². The van der Waals surface area contributed by atoms with E-state index < -0.39 is 0 Å². The first-order valence-electron chi connectivity index (χ1n) is 11.0. The molecule has 0 aliphatic rings. The van der Waals surface area contributed by atoms with E-state index in [0.29, 0.717) is 16.8 Å². The zero-order valence-electron chi connectivity index (χ0n) is 19.7. The van der Waals surface area contributed by atoms with Gasteiger partial charge in [-0.25, -0.2) is 4.98 Å². The molecule has 2 heterocycles. The molecule has 0 fully saturated rings. The Bertz CT molecular complexity index is 1340. The van der Waals surface area contributed by atoms with Crippen LogP contribution in [0.1, 0.15) is 17.2 Å². The Hall–Kier alpha value is -3.49. The summed E-state index contributed by atoms with van der Waals surface area (Å²) in [5.41, 5.74) is 3.82. The van der Waals surface area contributed by atoms with E-state index in [1.54, 1.807) is 7.11 Å². The Morgan fingerprint density at radius 3 is 2.50 bits per heavy atom. The van der Waals surface area contributed by atoms with E-state index >= 15 is 0 Å². The van der Waals surface area contributed by atoms with Gasteiger partial charge in [-0.05, 0) is 44.3 Å². The number of carbonyl (C=O) groups is 1. The van der Waals surface area contributed by atoms with Crippen LogP contribution in [0.25, 0.3) is 21.3 Å². The van der Waals surface area contributed by atoms with E-state index in [9.17, 15) is 9.59 Å². The predicted molar refractivity (Wildman–Crippen MR) is 136 cm³/mol. The van der Waals surface area contributed by atoms with Gasteiger partial charge in [-0.3, -0.25) is 14.2 Å². The number of ether oxygens (including phenoxy) is 1. The van der Waals surface area contributed by atoms with Gasteiger partial charge in [-0.15, -0.1) is 11.3 Å². The summed E-state index contributed by atoms with van der Waals surface area (Å²) in [6.45, 7) is 2.35. The van der Waals surface area contributed by atoms with Gasteiger partial charge in [0.1, 0.15) is 17.1 Å². The lowest BCUT2D eigenvalue weighted by Crippen LogP contribution is -2.37. The van der Waals surface area contributed by atoms with Crippen LogP contribution in [0.15, 0.2) is 65.0 Å². The fraction of sp³-hybridized carbons (Fsp3) is 0.269. The van der Waals surface area contributed by atoms with Crippen molar-refractivity contribution >= 4 is 27.5 Å². The summed E-state index contributed by atoms with van der Waals surface area (Å²) in [4.78, 5) is 33.1. The first-order valence-corrected chi connectivity index (χ1v) is 11.9. The van der Waals surface area contributed by atoms with E-state index in [2.05, 4.69) is 10.3 Å². The quantitative estimate of drug-likeness (QED) is 0.418. The molecule has 0 radical (unpaired) electrons. The van der Waals surface area contributed by atoms with Crippen LogP contribution in [0.4, 0.5) is 0 Å². The SMILES string of the molecule is COc1ccc([C@H](CNC(=O)Cn2cnc3scc(-c4ccc(C)cc4)c3c2=O)N(C)C)cc1. The monoisotopic (exact) mass is 476 g/mol. The van der Waals surface area contributed by atoms with Gasteiger partial charge in [0.2, 0.25) is 5.91 Å². The Morgan fingerprint density at radius 1 is 1.15 bits per heavy atom. The van der Waals surface area contributed by atoms with Crippen molar-refractivity contribution in [3.63, 3.8) is 0 Å². The first-order chi connectivity index (χ1) is 16.4. The van der Waals surface area contributed by atoms with Crippen LogP contribution in [0.3, 0.4) is 0 Å². The van der Waals surface area contributed by atoms with Crippen molar-refractivity contribution in [2.24, 2.45) is 0 Å². The second kappa shape index (κ2) is 10.2. The molecule has 0 saturated heterocycles. The number of nitrogens with one attached hydrogen (secondary N) is 1. The topological polar surface area (TPSA) is 76.5 Å². The molecular formula is C26H28N4O3S. The highest BCUT2D eigenvalue weighted by atomic mass is 32.1. The number of aromatic nitrogens is 2. The molecule has 34 heavy (non-hydrogen) atoms. The van der Waals surface area contributed by atoms with Gasteiger partial charge in [0, 0.05) is 17.5 Å². The number of fused-ring (bicyclic) bond motifs is 1. The van der Waals surface area contributed by atoms with Crippen molar-refractivity contribution in [1.29, 1.82) is 0 Å². The largest absolute Gasteiger partial charge is 0.497 e. The fourth-order valence-corrected chi connectivity index (χ4v) is 4.78. The number of hydrogen-bond donors (Lipinski definition) is 1. The van der Waals surface area contributed by atoms with Crippen LogP contribution in [0, 0.1) is 6.92 Å². The summed E-state index contributed by atoms with van der Waals surface area (Å²) in [7, 11) is 5.56. The molecule has 176 valence electrons. The number of aryl methyl sites for hydroxylation is 1. The molecule has 4 aromatic rings. The van der Waals surface area contributed by atoms with Crippen LogP contribution in [-0.4, -0.2) is 48.1 Å². The standard InChI is InChI=1S/C26H28N4O3S/c1-17-5-7-18(8-6-17)21-15-34-25-24(21)26(32)30(16-28-25)14-23(31)27-13-22(29(2)3)19-9-11-20(33-4)12-10-19/h5-12,15-16,22H,13-14H2,1-4H3,(H,27,31)/t22-/m0/s1. The van der Waals surface area contributed by atoms with E-state index in [0.717, 1.165) is 28.0 Å². The minimum absolute atomic E-state index is 0.0165. The summed E-state index contributed by atoms with van der Waals surface area (Å²) in [6, 6.07) is 15.8. The van der Waals surface area contributed by atoms with Crippen molar-refractivity contribution in [3.05, 3.63) is 81.7 Å². The summed E-state index contributed by atoms with van der Waals surface area (Å²) >= 11 is 1.43. The normalized spacial score (nSPS) is 12.1. The summed E-state index contributed by atoms with van der Waals surface area (Å²) in [5.74, 6) is 0.543. The van der Waals surface area contributed by atoms with Gasteiger partial charge >= 0.3 is 0 Å². The molecule has 0 spiro atoms. The molecule has 2 aromatic carbocycles. The Balaban J connectivity index is 1.51. The number of likely N-dealkylation sites (N-methyl/N-ethyl adjacent to an activating group) is 1. The highest BCUT2D eigenvalue weighted by molar-refractivity contribution is 7.17. The van der Waals surface area contributed by atoms with Crippen LogP contribution < -0.4 is 15.6 Å². The third-order valence-electron chi connectivity index (χ3n) is 5.85. The minimum atomic E-state index is -0.240. The van der Waals surface area contributed by atoms with Crippen LogP contribution in [0.2, 0.25) is 0 Å². The lowest BCUT2D eigenvalue weighted by Gasteiger charge is -2.25. The molecule has 8 heteroatoms. The number of methoxy groups -OCH3 is 1. The smallest absolute Gasteiger partial charge is 0.263 e. The van der Waals surface area contributed by atoms with Crippen LogP contribution in [-0.2, 0) is 11.3 Å². The maximum absolute atomic E-state index is 13.2. The molecule has 7 nitrogen and oxygen atoms in total. The van der Waals surface area contributed by atoms with Crippen molar-refractivity contribution < 1.29 is 9.53 Å². The molecular weight excluding hydrogens is 448 g/mol. The molecule has 1 N–H and O–H groups in total. The third kappa shape index (κ3) is 5.03. The second-order valence-corrected chi connectivity index (χ2v) is 9.29. The highest BCUT2D eigenvalue weighted by Crippen LogP contribution is 2.30.